The molecule has 180 valence electrons. The van der Waals surface area contributed by atoms with Gasteiger partial charge in [0.1, 0.15) is 5.75 Å². The van der Waals surface area contributed by atoms with Crippen molar-refractivity contribution in [3.63, 3.8) is 0 Å². The number of hydrogen-bond acceptors (Lipinski definition) is 6. The van der Waals surface area contributed by atoms with E-state index in [1.54, 1.807) is 12.4 Å². The normalized spacial score (nSPS) is 11.7. The molecular formula is C27H29N5O2S. The highest BCUT2D eigenvalue weighted by Crippen LogP contribution is 2.29. The zero-order valence-corrected chi connectivity index (χ0v) is 21.0. The van der Waals surface area contributed by atoms with Gasteiger partial charge in [0.05, 0.1) is 12.4 Å². The van der Waals surface area contributed by atoms with E-state index in [1.807, 2.05) is 60.0 Å². The Morgan fingerprint density at radius 1 is 1.06 bits per heavy atom. The van der Waals surface area contributed by atoms with Crippen molar-refractivity contribution in [2.75, 3.05) is 17.7 Å². The van der Waals surface area contributed by atoms with Crippen molar-refractivity contribution in [2.24, 2.45) is 0 Å². The highest BCUT2D eigenvalue weighted by atomic mass is 32.2. The average Bonchev–Trinajstić information content (AvgIpc) is 3.32. The van der Waals surface area contributed by atoms with Crippen LogP contribution in [0.15, 0.2) is 78.2 Å². The third kappa shape index (κ3) is 6.08. The van der Waals surface area contributed by atoms with Crippen molar-refractivity contribution >= 4 is 23.4 Å². The van der Waals surface area contributed by atoms with Gasteiger partial charge in [-0.05, 0) is 73.4 Å². The number of rotatable bonds is 10. The Kier molecular flexibility index (Phi) is 8.15. The molecule has 0 radical (unpaired) electrons. The van der Waals surface area contributed by atoms with Gasteiger partial charge >= 0.3 is 0 Å². The summed E-state index contributed by atoms with van der Waals surface area (Å²) in [6, 6.07) is 19.6. The molecule has 7 nitrogen and oxygen atoms in total. The second-order valence-corrected chi connectivity index (χ2v) is 9.02. The number of nitrogens with zero attached hydrogens (tertiary/aromatic N) is 4. The largest absolute Gasteiger partial charge is 0.494 e. The molecule has 8 heteroatoms. The van der Waals surface area contributed by atoms with Crippen molar-refractivity contribution in [3.8, 4) is 22.8 Å². The van der Waals surface area contributed by atoms with Crippen molar-refractivity contribution in [1.29, 1.82) is 0 Å². The monoisotopic (exact) mass is 487 g/mol. The number of amides is 1. The molecule has 0 unspecified atom stereocenters. The van der Waals surface area contributed by atoms with E-state index in [0.29, 0.717) is 23.5 Å². The van der Waals surface area contributed by atoms with Gasteiger partial charge in [-0.15, -0.1) is 10.2 Å². The maximum atomic E-state index is 12.7. The van der Waals surface area contributed by atoms with E-state index >= 15 is 0 Å². The zero-order chi connectivity index (χ0) is 24.6. The van der Waals surface area contributed by atoms with Crippen LogP contribution in [0.1, 0.15) is 38.7 Å². The standard InChI is InChI=1S/C27H29N5O2S/c1-4-19(3)20-8-10-22(11-9-20)29-25(33)18-35-27-31-30-26(21-7-6-16-28-17-21)32(27)23-12-14-24(15-13-23)34-5-2/h6-17,19H,4-5,18H2,1-3H3,(H,29,33)/t19-/m1/s1. The predicted molar refractivity (Wildman–Crippen MR) is 140 cm³/mol. The molecule has 1 atom stereocenters. The molecule has 2 aromatic carbocycles. The first-order chi connectivity index (χ1) is 17.1. The maximum Gasteiger partial charge on any atom is 0.234 e. The van der Waals surface area contributed by atoms with Crippen LogP contribution in [0, 0.1) is 0 Å². The Balaban J connectivity index is 1.52. The van der Waals surface area contributed by atoms with Gasteiger partial charge in [-0.2, -0.15) is 0 Å². The molecule has 35 heavy (non-hydrogen) atoms. The number of anilines is 1. The molecule has 0 aliphatic heterocycles. The number of nitrogens with one attached hydrogen (secondary N) is 1. The summed E-state index contributed by atoms with van der Waals surface area (Å²) >= 11 is 1.34. The molecule has 4 aromatic rings. The smallest absolute Gasteiger partial charge is 0.234 e. The fourth-order valence-corrected chi connectivity index (χ4v) is 4.35. The fraction of sp³-hybridized carbons (Fsp3) is 0.259. The van der Waals surface area contributed by atoms with E-state index in [1.165, 1.54) is 17.3 Å². The first kappa shape index (κ1) is 24.5. The van der Waals surface area contributed by atoms with E-state index in [4.69, 9.17) is 4.74 Å². The maximum absolute atomic E-state index is 12.7. The molecule has 0 saturated carbocycles. The molecule has 2 heterocycles. The highest BCUT2D eigenvalue weighted by molar-refractivity contribution is 7.99. The first-order valence-electron chi connectivity index (χ1n) is 11.7. The Bertz CT molecular complexity index is 1240. The number of carbonyl (C=O) groups is 1. The van der Waals surface area contributed by atoms with Crippen LogP contribution in [0.25, 0.3) is 17.1 Å². The second kappa shape index (κ2) is 11.7. The first-order valence-corrected chi connectivity index (χ1v) is 12.7. The quantitative estimate of drug-likeness (QED) is 0.278. The predicted octanol–water partition coefficient (Wildman–Crippen LogP) is 5.97. The third-order valence-corrected chi connectivity index (χ3v) is 6.60. The van der Waals surface area contributed by atoms with Crippen molar-refractivity contribution in [2.45, 2.75) is 38.3 Å². The topological polar surface area (TPSA) is 81.9 Å². The Labute approximate surface area is 210 Å². The van der Waals surface area contributed by atoms with Crippen LogP contribution in [0.2, 0.25) is 0 Å². The van der Waals surface area contributed by atoms with Crippen molar-refractivity contribution < 1.29 is 9.53 Å². The van der Waals surface area contributed by atoms with Crippen LogP contribution in [0.3, 0.4) is 0 Å². The van der Waals surface area contributed by atoms with Gasteiger partial charge in [0.15, 0.2) is 11.0 Å². The summed E-state index contributed by atoms with van der Waals surface area (Å²) in [4.78, 5) is 16.9. The molecule has 0 aliphatic carbocycles. The van der Waals surface area contributed by atoms with Gasteiger partial charge in [0.2, 0.25) is 5.91 Å². The van der Waals surface area contributed by atoms with Crippen LogP contribution < -0.4 is 10.1 Å². The molecule has 0 bridgehead atoms. The second-order valence-electron chi connectivity index (χ2n) is 8.08. The molecule has 1 amide bonds. The van der Waals surface area contributed by atoms with Crippen LogP contribution >= 0.6 is 11.8 Å². The molecule has 2 aromatic heterocycles. The highest BCUT2D eigenvalue weighted by Gasteiger charge is 2.18. The summed E-state index contributed by atoms with van der Waals surface area (Å²) in [5.41, 5.74) is 3.77. The average molecular weight is 488 g/mol. The van der Waals surface area contributed by atoms with E-state index in [9.17, 15) is 4.79 Å². The Hall–Kier alpha value is -3.65. The minimum absolute atomic E-state index is 0.101. The van der Waals surface area contributed by atoms with Gasteiger partial charge in [-0.3, -0.25) is 14.3 Å². The van der Waals surface area contributed by atoms with Crippen LogP contribution in [0.5, 0.6) is 5.75 Å². The minimum Gasteiger partial charge on any atom is -0.494 e. The summed E-state index contributed by atoms with van der Waals surface area (Å²) < 4.78 is 7.51. The third-order valence-electron chi connectivity index (χ3n) is 5.67. The molecule has 1 N–H and O–H groups in total. The lowest BCUT2D eigenvalue weighted by Gasteiger charge is -2.12. The number of ether oxygens (including phenoxy) is 1. The number of benzene rings is 2. The summed E-state index contributed by atoms with van der Waals surface area (Å²) in [6.45, 7) is 6.92. The van der Waals surface area contributed by atoms with E-state index in [0.717, 1.165) is 29.1 Å². The lowest BCUT2D eigenvalue weighted by atomic mass is 9.99. The number of pyridine rings is 1. The molecule has 0 saturated heterocycles. The minimum atomic E-state index is -0.101. The van der Waals surface area contributed by atoms with Gasteiger partial charge in [0, 0.05) is 29.3 Å². The summed E-state index contributed by atoms with van der Waals surface area (Å²) in [5.74, 6) is 2.05. The van der Waals surface area contributed by atoms with E-state index in [2.05, 4.69) is 46.5 Å². The number of aromatic nitrogens is 4. The SMILES string of the molecule is CCOc1ccc(-n2c(SCC(=O)Nc3ccc([C@H](C)CC)cc3)nnc2-c2cccnc2)cc1. The molecular weight excluding hydrogens is 458 g/mol. The number of hydrogen-bond donors (Lipinski definition) is 1. The lowest BCUT2D eigenvalue weighted by molar-refractivity contribution is -0.113. The van der Waals surface area contributed by atoms with Gasteiger partial charge in [0.25, 0.3) is 0 Å². The molecule has 0 aliphatic rings. The fourth-order valence-electron chi connectivity index (χ4n) is 3.59. The summed E-state index contributed by atoms with van der Waals surface area (Å²) in [6.07, 6.45) is 4.55. The van der Waals surface area contributed by atoms with Gasteiger partial charge in [-0.1, -0.05) is 37.7 Å². The Morgan fingerprint density at radius 3 is 2.49 bits per heavy atom. The number of thioether (sulfide) groups is 1. The molecule has 0 spiro atoms. The summed E-state index contributed by atoms with van der Waals surface area (Å²) in [5, 5.41) is 12.4. The van der Waals surface area contributed by atoms with Crippen molar-refractivity contribution in [1.82, 2.24) is 19.7 Å². The Morgan fingerprint density at radius 2 is 1.83 bits per heavy atom. The molecule has 4 rings (SSSR count). The summed E-state index contributed by atoms with van der Waals surface area (Å²) in [7, 11) is 0. The van der Waals surface area contributed by atoms with Crippen LogP contribution in [-0.2, 0) is 4.79 Å². The number of carbonyl (C=O) groups excluding carboxylic acids is 1. The zero-order valence-electron chi connectivity index (χ0n) is 20.1. The molecule has 0 fully saturated rings. The van der Waals surface area contributed by atoms with E-state index < -0.39 is 0 Å². The van der Waals surface area contributed by atoms with E-state index in [-0.39, 0.29) is 11.7 Å². The van der Waals surface area contributed by atoms with Crippen molar-refractivity contribution in [3.05, 3.63) is 78.6 Å². The van der Waals surface area contributed by atoms with Gasteiger partial charge in [-0.25, -0.2) is 0 Å². The lowest BCUT2D eigenvalue weighted by Crippen LogP contribution is -2.14. The van der Waals surface area contributed by atoms with Crippen LogP contribution in [0.4, 0.5) is 5.69 Å². The van der Waals surface area contributed by atoms with Gasteiger partial charge < -0.3 is 10.1 Å². The van der Waals surface area contributed by atoms with Crippen LogP contribution in [-0.4, -0.2) is 38.0 Å².